The molecule has 0 saturated carbocycles. The third kappa shape index (κ3) is 4.63. The van der Waals surface area contributed by atoms with Gasteiger partial charge in [-0.1, -0.05) is 18.2 Å². The quantitative estimate of drug-likeness (QED) is 0.800. The molecule has 1 saturated heterocycles. The van der Waals surface area contributed by atoms with Crippen molar-refractivity contribution in [2.75, 3.05) is 32.4 Å². The summed E-state index contributed by atoms with van der Waals surface area (Å²) in [6.45, 7) is 4.41. The van der Waals surface area contributed by atoms with E-state index in [4.69, 9.17) is 0 Å². The number of nitrogens with zero attached hydrogens (tertiary/aromatic N) is 1. The average Bonchev–Trinajstić information content (AvgIpc) is 3.03. The van der Waals surface area contributed by atoms with Crippen LogP contribution in [0.3, 0.4) is 0 Å². The summed E-state index contributed by atoms with van der Waals surface area (Å²) in [5.74, 6) is 0. The van der Waals surface area contributed by atoms with E-state index in [2.05, 4.69) is 58.3 Å². The first-order valence-corrected chi connectivity index (χ1v) is 9.11. The zero-order valence-electron chi connectivity index (χ0n) is 12.5. The van der Waals surface area contributed by atoms with Crippen LogP contribution in [0.25, 0.3) is 0 Å². The number of thiophene rings is 1. The molecule has 6 heteroatoms. The minimum Gasteiger partial charge on any atom is -0.314 e. The van der Waals surface area contributed by atoms with Gasteiger partial charge in [0.1, 0.15) is 0 Å². The summed E-state index contributed by atoms with van der Waals surface area (Å²) >= 11 is 3.66. The Labute approximate surface area is 153 Å². The maximum atomic E-state index is 3.44. The largest absolute Gasteiger partial charge is 0.314 e. The number of rotatable bonds is 4. The molecule has 1 N–H and O–H groups in total. The molecule has 0 radical (unpaired) electrons. The lowest BCUT2D eigenvalue weighted by Crippen LogP contribution is -2.45. The topological polar surface area (TPSA) is 15.3 Å². The van der Waals surface area contributed by atoms with E-state index in [1.54, 1.807) is 11.8 Å². The van der Waals surface area contributed by atoms with Gasteiger partial charge < -0.3 is 5.32 Å². The van der Waals surface area contributed by atoms with Crippen molar-refractivity contribution < 1.29 is 0 Å². The highest BCUT2D eigenvalue weighted by atomic mass is 35.5. The van der Waals surface area contributed by atoms with Gasteiger partial charge in [-0.2, -0.15) is 0 Å². The van der Waals surface area contributed by atoms with E-state index in [1.807, 2.05) is 11.3 Å². The Morgan fingerprint density at radius 3 is 2.32 bits per heavy atom. The van der Waals surface area contributed by atoms with Gasteiger partial charge in [-0.25, -0.2) is 0 Å². The van der Waals surface area contributed by atoms with Crippen molar-refractivity contribution in [3.63, 3.8) is 0 Å². The van der Waals surface area contributed by atoms with E-state index in [9.17, 15) is 0 Å². The Kier molecular flexibility index (Phi) is 8.83. The van der Waals surface area contributed by atoms with E-state index < -0.39 is 0 Å². The summed E-state index contributed by atoms with van der Waals surface area (Å²) in [6.07, 6.45) is 2.13. The summed E-state index contributed by atoms with van der Waals surface area (Å²) in [6, 6.07) is 13.9. The van der Waals surface area contributed by atoms with Gasteiger partial charge in [-0.3, -0.25) is 4.90 Å². The molecule has 1 aliphatic heterocycles. The van der Waals surface area contributed by atoms with Gasteiger partial charge in [0.15, 0.2) is 0 Å². The highest BCUT2D eigenvalue weighted by Crippen LogP contribution is 2.32. The van der Waals surface area contributed by atoms with Gasteiger partial charge in [-0.15, -0.1) is 47.9 Å². The molecule has 1 aliphatic rings. The van der Waals surface area contributed by atoms with Crippen molar-refractivity contribution in [3.05, 3.63) is 52.2 Å². The fourth-order valence-electron chi connectivity index (χ4n) is 2.73. The molecule has 2 nitrogen and oxygen atoms in total. The lowest BCUT2D eigenvalue weighted by Gasteiger charge is -2.34. The number of nitrogens with one attached hydrogen (secondary N) is 1. The molecule has 122 valence electrons. The SMILES string of the molecule is CSc1ccc([C@@H](c2cccs2)N2CCNCC2)cc1.Cl.Cl. The summed E-state index contributed by atoms with van der Waals surface area (Å²) < 4.78 is 0. The van der Waals surface area contributed by atoms with E-state index in [-0.39, 0.29) is 24.8 Å². The summed E-state index contributed by atoms with van der Waals surface area (Å²) in [4.78, 5) is 5.37. The van der Waals surface area contributed by atoms with Crippen molar-refractivity contribution >= 4 is 47.9 Å². The third-order valence-corrected chi connectivity index (χ3v) is 5.43. The second-order valence-electron chi connectivity index (χ2n) is 4.98. The van der Waals surface area contributed by atoms with Crippen LogP contribution in [0.2, 0.25) is 0 Å². The Morgan fingerprint density at radius 2 is 1.77 bits per heavy atom. The normalized spacial score (nSPS) is 16.4. The minimum atomic E-state index is 0. The van der Waals surface area contributed by atoms with Gasteiger partial charge >= 0.3 is 0 Å². The highest BCUT2D eigenvalue weighted by molar-refractivity contribution is 7.98. The highest BCUT2D eigenvalue weighted by Gasteiger charge is 2.24. The van der Waals surface area contributed by atoms with E-state index in [1.165, 1.54) is 15.3 Å². The molecule has 22 heavy (non-hydrogen) atoms. The second kappa shape index (κ2) is 9.81. The first kappa shape index (κ1) is 19.8. The van der Waals surface area contributed by atoms with Crippen LogP contribution in [-0.2, 0) is 0 Å². The lowest BCUT2D eigenvalue weighted by molar-refractivity contribution is 0.200. The van der Waals surface area contributed by atoms with Crippen LogP contribution in [0.4, 0.5) is 0 Å². The molecule has 0 aliphatic carbocycles. The maximum absolute atomic E-state index is 3.44. The van der Waals surface area contributed by atoms with Crippen molar-refractivity contribution in [2.45, 2.75) is 10.9 Å². The second-order valence-corrected chi connectivity index (χ2v) is 6.84. The van der Waals surface area contributed by atoms with Crippen molar-refractivity contribution in [1.29, 1.82) is 0 Å². The molecule has 1 aromatic carbocycles. The van der Waals surface area contributed by atoms with Crippen molar-refractivity contribution in [1.82, 2.24) is 10.2 Å². The number of thioether (sulfide) groups is 1. The van der Waals surface area contributed by atoms with Crippen molar-refractivity contribution in [3.8, 4) is 0 Å². The van der Waals surface area contributed by atoms with Gasteiger partial charge in [0.05, 0.1) is 6.04 Å². The lowest BCUT2D eigenvalue weighted by atomic mass is 10.0. The molecule has 0 bridgehead atoms. The zero-order chi connectivity index (χ0) is 13.8. The smallest absolute Gasteiger partial charge is 0.0696 e. The predicted molar refractivity (Wildman–Crippen MR) is 103 cm³/mol. The standard InChI is InChI=1S/C16H20N2S2.2ClH/c1-19-14-6-4-13(5-7-14)16(15-3-2-12-20-15)18-10-8-17-9-11-18;;/h2-7,12,16-17H,8-11H2,1H3;2*1H/t16-;;/m0../s1. The monoisotopic (exact) mass is 376 g/mol. The van der Waals surface area contributed by atoms with E-state index >= 15 is 0 Å². The van der Waals surface area contributed by atoms with E-state index in [0.717, 1.165) is 26.2 Å². The van der Waals surface area contributed by atoms with Gasteiger partial charge in [0.25, 0.3) is 0 Å². The average molecular weight is 377 g/mol. The Balaban J connectivity index is 0.00000121. The molecule has 0 amide bonds. The van der Waals surface area contributed by atoms with Gasteiger partial charge in [0.2, 0.25) is 0 Å². The van der Waals surface area contributed by atoms with Crippen LogP contribution in [-0.4, -0.2) is 37.3 Å². The maximum Gasteiger partial charge on any atom is 0.0696 e. The van der Waals surface area contributed by atoms with Crippen LogP contribution in [0.15, 0.2) is 46.7 Å². The molecule has 1 atom stereocenters. The molecule has 3 rings (SSSR count). The van der Waals surface area contributed by atoms with Crippen LogP contribution in [0.1, 0.15) is 16.5 Å². The number of hydrogen-bond acceptors (Lipinski definition) is 4. The molecule has 0 unspecified atom stereocenters. The third-order valence-electron chi connectivity index (χ3n) is 3.76. The van der Waals surface area contributed by atoms with Crippen molar-refractivity contribution in [2.24, 2.45) is 0 Å². The number of hydrogen-bond donors (Lipinski definition) is 1. The van der Waals surface area contributed by atoms with E-state index in [0.29, 0.717) is 6.04 Å². The first-order chi connectivity index (χ1) is 9.88. The van der Waals surface area contributed by atoms with Crippen LogP contribution in [0, 0.1) is 0 Å². The first-order valence-electron chi connectivity index (χ1n) is 7.00. The summed E-state index contributed by atoms with van der Waals surface area (Å²) in [7, 11) is 0. The van der Waals surface area contributed by atoms with Crippen LogP contribution < -0.4 is 5.32 Å². The van der Waals surface area contributed by atoms with Gasteiger partial charge in [0, 0.05) is 36.0 Å². The molecule has 2 aromatic rings. The summed E-state index contributed by atoms with van der Waals surface area (Å²) in [5, 5.41) is 5.62. The van der Waals surface area contributed by atoms with Gasteiger partial charge in [-0.05, 0) is 35.4 Å². The summed E-state index contributed by atoms with van der Waals surface area (Å²) in [5.41, 5.74) is 1.41. The number of halogens is 2. The Bertz CT molecular complexity index is 526. The number of benzene rings is 1. The molecule has 0 spiro atoms. The van der Waals surface area contributed by atoms with Crippen LogP contribution in [0.5, 0.6) is 0 Å². The molecule has 1 aromatic heterocycles. The Morgan fingerprint density at radius 1 is 1.09 bits per heavy atom. The molecule has 2 heterocycles. The molecular weight excluding hydrogens is 355 g/mol. The fourth-order valence-corrected chi connectivity index (χ4v) is 4.02. The fraction of sp³-hybridized carbons (Fsp3) is 0.375. The van der Waals surface area contributed by atoms with Crippen LogP contribution >= 0.6 is 47.9 Å². The Hall–Kier alpha value is -0.230. The minimum absolute atomic E-state index is 0. The number of piperazine rings is 1. The zero-order valence-corrected chi connectivity index (χ0v) is 15.8. The molecular formula is C16H22Cl2N2S2. The molecule has 1 fully saturated rings. The predicted octanol–water partition coefficient (Wildman–Crippen LogP) is 4.31.